The van der Waals surface area contributed by atoms with Crippen molar-refractivity contribution in [3.05, 3.63) is 0 Å². The molecule has 0 aromatic heterocycles. The largest absolute Gasteiger partial charge is 0 e. The van der Waals surface area contributed by atoms with E-state index in [0.717, 1.165) is 0 Å². The van der Waals surface area contributed by atoms with Crippen molar-refractivity contribution in [2.45, 2.75) is 0 Å². The summed E-state index contributed by atoms with van der Waals surface area (Å²) in [4.78, 5) is 0. The average Bonchev–Trinajstić information content (AvgIpc) is 0. The van der Waals surface area contributed by atoms with Gasteiger partial charge in [0, 0.05) is 0 Å². The van der Waals surface area contributed by atoms with E-state index in [1.165, 1.54) is 0 Å². The Morgan fingerprint density at radius 1 is 0.0164 bits per heavy atom. The van der Waals surface area contributed by atoms with Crippen molar-refractivity contribution in [3.8, 4) is 0 Å². The van der Waals surface area contributed by atoms with Crippen LogP contribution in [-0.4, -0.2) is 0 Å². The van der Waals surface area contributed by atoms with E-state index < -0.39 is 0 Å². The number of hydrogen-bond acceptors (Lipinski definition) is 0. The van der Waals surface area contributed by atoms with Gasteiger partial charge in [0.1, 0.15) is 0 Å². The fraction of sp³-hybridized carbons (Fsp3) is 0. The minimum Gasteiger partial charge on any atom is 0 e. The van der Waals surface area contributed by atoms with Gasteiger partial charge in [0.25, 0.3) is 0 Å². The van der Waals surface area contributed by atoms with E-state index in [0.29, 0.717) is 0 Å². The first kappa shape index (κ1) is 0. The van der Waals surface area contributed by atoms with Crippen molar-refractivity contribution in [1.29, 1.82) is 0 Å². The summed E-state index contributed by atoms with van der Waals surface area (Å²) >= 11 is 0. The third-order valence-corrected chi connectivity index (χ3v) is 0. The minimum atomic E-state index is 0. The Labute approximate surface area is 0 Å². The van der Waals surface area contributed by atoms with Crippen LogP contribution >= 0.6 is 0 Å². The van der Waals surface area contributed by atoms with Crippen LogP contribution in [0.15, 0.2) is 0 Å². The molecule has 0 spiro atoms. The Morgan fingerprint density at radius 3 is 0.0164 bits per heavy atom. The molecule has 0 saturated heterocycles. The number of hydrogen-bond donors (Lipinski definition) is 0. The predicted octanol–water partition coefficient (Wildman–Crippen LogP) is 0. The first-order chi connectivity index (χ1) is 0. The average molecular weight is 16300 g/mol. The Kier molecular flexibility index (Phi) is 0. The first-order valence-electron chi connectivity index (χ1n) is 0. The summed E-state index contributed by atoms with van der Waals surface area (Å²) in [6, 6.07) is 0. The molecule has 0 atom stereocenters. The van der Waals surface area contributed by atoms with Crippen molar-refractivity contribution in [3.63, 3.8) is 0 Å². The maximum atomic E-state index is 0. The van der Waals surface area contributed by atoms with Crippen LogP contribution < -0.4 is 0 Å². The molecule has 0 aliphatic rings. The zero-order valence-electron chi connectivity index (χ0n) is 43.1. The molecule has 0 rings (SSSR count). The van der Waals surface area contributed by atoms with Crippen LogP contribution in [0, 0.1) is 0 Å². The van der Waals surface area contributed by atoms with E-state index in [1.807, 2.05) is 0 Å². The normalized spacial score (nSPS) is 0. The molecule has 0 N–H and O–H groups in total. The second kappa shape index (κ2) is -0.00107. The van der Waals surface area contributed by atoms with Gasteiger partial charge < -0.3 is 0 Å². The van der Waals surface area contributed by atoms with Crippen LogP contribution in [0.3, 0.4) is 0 Å². The zero-order chi connectivity index (χ0) is 0. The molecule has 0 aliphatic carbocycles. The Hall–Kier alpha value is -61.0. The fourth-order valence-electron chi connectivity index (χ4n) is 0. The standard InChI is InChI=1S/61Rf. The SMILES string of the molecule is [Rf].[Rf].[Rf].[Rf].[Rf].[Rf].[Rf].[Rf].[Rf].[Rf].[Rf].[Rf].[Rf].[Rf].[Rf].[Rf].[Rf].[Rf].[Rf].[Rf].[Rf].[Rf].[Rf].[Rf].[Rf].[Rf].[Rf].[Rf].[Rf].[Rf].[Rf].[Rf].[Rf].[Rf].[Rf].[Rf].[Rf].[Rf].[Rf].[Rf].[Rf].[Rf].[Rf].[Rf].[Rf].[Rf].[Rf].[Rf].[Rf].[Rf].[Rf].[Rf].[Rf].[Rf].[Rf].[Rf].[Rf].[Rf].[Rf].[Rf].[Rf]. The van der Waals surface area contributed by atoms with Gasteiger partial charge in [0.05, 0.1) is 0 Å². The minimum absolute atomic E-state index is 0. The van der Waals surface area contributed by atoms with Gasteiger partial charge in [0.2, 0.25) is 0 Å². The molecular weight excluding hydrogens is 16300 g/mol. The molecule has 0 unspecified atom stereocenters. The Morgan fingerprint density at radius 2 is 0.0164 bits per heavy atom. The molecule has 0 bridgehead atoms. The van der Waals surface area contributed by atoms with Crippen molar-refractivity contribution in [2.24, 2.45) is 0 Å². The van der Waals surface area contributed by atoms with Gasteiger partial charge in [0.15, 0.2) is 0 Å². The van der Waals surface area contributed by atoms with Gasteiger partial charge in [-0.1, -0.05) is 0 Å². The molecule has 0 amide bonds. The van der Waals surface area contributed by atoms with Gasteiger partial charge in [-0.3, -0.25) is 0 Å². The van der Waals surface area contributed by atoms with Gasteiger partial charge >= 0.3 is 0 Å². The second-order valence-electron chi connectivity index (χ2n) is 0. The molecule has 122 valence electrons. The first-order valence-corrected chi connectivity index (χ1v) is 0. The van der Waals surface area contributed by atoms with Crippen molar-refractivity contribution >= 4 is 0 Å². The van der Waals surface area contributed by atoms with Gasteiger partial charge in [-0.05, 0) is 0 Å². The molecule has 0 aliphatic heterocycles. The molecule has 61 heavy (non-hydrogen) atoms. The molecule has 0 aromatic carbocycles. The van der Waals surface area contributed by atoms with Crippen LogP contribution in [0.5, 0.6) is 0 Å². The maximum Gasteiger partial charge on any atom is 0 e. The van der Waals surface area contributed by atoms with Gasteiger partial charge in [-0.15, -0.1) is 0 Å². The van der Waals surface area contributed by atoms with Crippen molar-refractivity contribution in [2.75, 3.05) is 0 Å². The molecule has 0 nitrogen and oxygen atoms in total. The quantitative estimate of drug-likeness (QED) is 0.321. The molecule has 0 aromatic rings. The van der Waals surface area contributed by atoms with E-state index in [2.05, 4.69) is 0 Å². The zero-order valence-corrected chi connectivity index (χ0v) is 433. The summed E-state index contributed by atoms with van der Waals surface area (Å²) in [6.07, 6.45) is 0. The summed E-state index contributed by atoms with van der Waals surface area (Å²) in [7, 11) is 0. The van der Waals surface area contributed by atoms with E-state index in [4.69, 9.17) is 0 Å². The molecule has 0 radical (unpaired) electrons. The third kappa shape index (κ3) is -0.00242. The topological polar surface area (TPSA) is 0 Å². The summed E-state index contributed by atoms with van der Waals surface area (Å²) in [5.41, 5.74) is 0. The monoisotopic (exact) mass is 16300 g/mol. The summed E-state index contributed by atoms with van der Waals surface area (Å²) < 4.78 is 0. The summed E-state index contributed by atoms with van der Waals surface area (Å²) in [6.45, 7) is 0. The smallest absolute Gasteiger partial charge is 0 e. The summed E-state index contributed by atoms with van der Waals surface area (Å²) in [5.74, 6) is 0. The van der Waals surface area contributed by atoms with Crippen molar-refractivity contribution in [1.82, 2.24) is 0 Å². The molecule has 0 saturated carbocycles. The molecule has 0 fully saturated rings. The Balaban J connectivity index is 0. The van der Waals surface area contributed by atoms with Crippen LogP contribution in [0.2, 0.25) is 0 Å². The number of rotatable bonds is 0. The van der Waals surface area contributed by atoms with Gasteiger partial charge in [-0.25, -0.2) is 0 Å². The van der Waals surface area contributed by atoms with E-state index in [-0.39, 0.29) is 0 Å². The fourth-order valence-corrected chi connectivity index (χ4v) is 0. The third-order valence-electron chi connectivity index (χ3n) is 0. The molecule has 61 heteroatoms. The molecular formula is Rf61. The second-order valence-corrected chi connectivity index (χ2v) is 0. The maximum absolute atomic E-state index is 0. The summed E-state index contributed by atoms with van der Waals surface area (Å²) in [5, 5.41) is 0. The van der Waals surface area contributed by atoms with Crippen LogP contribution in [-0.2, 0) is 0 Å². The van der Waals surface area contributed by atoms with E-state index in [1.54, 1.807) is 0 Å². The van der Waals surface area contributed by atoms with Crippen LogP contribution in [0.25, 0.3) is 0 Å². The van der Waals surface area contributed by atoms with Gasteiger partial charge in [-0.2, -0.15) is 0 Å². The predicted molar refractivity (Wildman–Crippen MR) is 0 cm³/mol. The van der Waals surface area contributed by atoms with E-state index >= 15 is 0 Å². The molecule has 0 heterocycles. The van der Waals surface area contributed by atoms with Crippen LogP contribution in [0.1, 0.15) is 0 Å². The van der Waals surface area contributed by atoms with E-state index in [9.17, 15) is 0 Å². The van der Waals surface area contributed by atoms with Crippen LogP contribution in [0.4, 0.5) is 0 Å². The Bertz CT molecular complexity index is 0. The van der Waals surface area contributed by atoms with Crippen molar-refractivity contribution < 1.29 is 0 Å².